The third-order valence-electron chi connectivity index (χ3n) is 9.00. The average molecular weight is 574 g/mol. The molecule has 6 N–H and O–H groups in total. The van der Waals surface area contributed by atoms with E-state index >= 15 is 0 Å². The summed E-state index contributed by atoms with van der Waals surface area (Å²) in [4.78, 5) is 43.1. The Balaban J connectivity index is 1.66. The van der Waals surface area contributed by atoms with E-state index in [1.54, 1.807) is 14.1 Å². The highest BCUT2D eigenvalue weighted by Crippen LogP contribution is 2.54. The smallest absolute Gasteiger partial charge is 0.255 e. The van der Waals surface area contributed by atoms with E-state index in [4.69, 9.17) is 17.3 Å². The topological polar surface area (TPSA) is 165 Å². The first-order chi connectivity index (χ1) is 18.7. The summed E-state index contributed by atoms with van der Waals surface area (Å²) in [6.45, 7) is 6.07. The molecule has 10 nitrogen and oxygen atoms in total. The molecule has 0 radical (unpaired) electrons. The van der Waals surface area contributed by atoms with E-state index < -0.39 is 58.0 Å². The first-order valence-corrected chi connectivity index (χ1v) is 14.0. The van der Waals surface area contributed by atoms with Crippen LogP contribution in [0.25, 0.3) is 5.76 Å². The summed E-state index contributed by atoms with van der Waals surface area (Å²) in [6, 6.07) is 0.409. The second-order valence-electron chi connectivity index (χ2n) is 12.2. The highest BCUT2D eigenvalue weighted by molar-refractivity contribution is 6.33. The fourth-order valence-corrected chi connectivity index (χ4v) is 7.77. The molecule has 0 spiro atoms. The molecule has 0 bridgehead atoms. The second-order valence-corrected chi connectivity index (χ2v) is 12.5. The van der Waals surface area contributed by atoms with Gasteiger partial charge in [0, 0.05) is 29.1 Å². The molecule has 1 aromatic rings. The number of phenols is 1. The number of aromatic hydroxyl groups is 1. The number of nitrogens with zero attached hydrogens (tertiary/aromatic N) is 2. The normalized spacial score (nSPS) is 30.7. The number of halogens is 1. The number of carbonyl (C=O) groups is 3. The number of fused-ring (bicyclic) bond motifs is 3. The number of carbonyl (C=O) groups excluding carboxylic acids is 3. The summed E-state index contributed by atoms with van der Waals surface area (Å²) in [5, 5.41) is 45.6. The van der Waals surface area contributed by atoms with Crippen LogP contribution in [0.3, 0.4) is 0 Å². The number of phenolic OH excluding ortho intramolecular Hbond substituents is 1. The maximum Gasteiger partial charge on any atom is 0.255 e. The zero-order chi connectivity index (χ0) is 29.4. The number of nitrogens with two attached hydrogens (primary N) is 1. The quantitative estimate of drug-likeness (QED) is 0.333. The van der Waals surface area contributed by atoms with Crippen LogP contribution in [-0.2, 0) is 20.8 Å². The number of hydrogen-bond donors (Lipinski definition) is 5. The third-order valence-corrected chi connectivity index (χ3v) is 9.45. The Morgan fingerprint density at radius 3 is 2.52 bits per heavy atom. The fourth-order valence-electron chi connectivity index (χ4n) is 7.42. The molecule has 4 aliphatic rings. The number of rotatable bonds is 5. The van der Waals surface area contributed by atoms with Gasteiger partial charge in [0.2, 0.25) is 5.78 Å². The van der Waals surface area contributed by atoms with Gasteiger partial charge >= 0.3 is 0 Å². The number of aliphatic hydroxyl groups excluding tert-OH is 2. The summed E-state index contributed by atoms with van der Waals surface area (Å²) in [5.41, 5.74) is 2.96. The molecule has 1 heterocycles. The van der Waals surface area contributed by atoms with Gasteiger partial charge in [-0.05, 0) is 75.4 Å². The number of aliphatic hydroxyl groups is 3. The van der Waals surface area contributed by atoms with Crippen LogP contribution in [0.5, 0.6) is 5.75 Å². The lowest BCUT2D eigenvalue weighted by atomic mass is 9.57. The van der Waals surface area contributed by atoms with Crippen LogP contribution in [0.4, 0.5) is 0 Å². The molecule has 1 amide bonds. The van der Waals surface area contributed by atoms with E-state index in [0.717, 1.165) is 31.5 Å². The van der Waals surface area contributed by atoms with Crippen LogP contribution in [0.1, 0.15) is 55.8 Å². The number of hydrogen-bond acceptors (Lipinski definition) is 9. The molecular weight excluding hydrogens is 538 g/mol. The summed E-state index contributed by atoms with van der Waals surface area (Å²) < 4.78 is 0. The van der Waals surface area contributed by atoms with Crippen LogP contribution < -0.4 is 5.73 Å². The molecule has 5 atom stereocenters. The van der Waals surface area contributed by atoms with Gasteiger partial charge in [-0.15, -0.1) is 0 Å². The van der Waals surface area contributed by atoms with Gasteiger partial charge in [-0.3, -0.25) is 24.2 Å². The SMILES string of the molecule is CC(C)CN1CCCC1c1cc(O)c2c(c1Cl)C[C@H]1C[C@H]3[C@H](N(C)C)C(=O)C(C(N)=O)=C(O)[C@@]3(O)C(=O)C1=C2O. The number of Topliss-reactive ketones (excluding diaryl/α,β-unsaturated/α-hetero) is 2. The molecule has 1 aliphatic heterocycles. The summed E-state index contributed by atoms with van der Waals surface area (Å²) >= 11 is 6.99. The standard InChI is InChI=1S/C29H36ClN3O7/c1-12(2)11-33-7-5-6-17(33)14-10-18(34)20-15(22(14)30)8-13-9-16-23(32(3)4)25(36)21(28(31)39)27(38)29(16,40)26(37)19(13)24(20)35/h10,12-13,16-17,23,34-35,38,40H,5-9,11H2,1-4H3,(H2,31,39)/t13-,16-,17?,23-,29-/m0/s1. The van der Waals surface area contributed by atoms with E-state index in [1.807, 2.05) is 0 Å². The lowest BCUT2D eigenvalue weighted by Gasteiger charge is -2.50. The van der Waals surface area contributed by atoms with Crippen molar-refractivity contribution in [2.45, 2.75) is 57.2 Å². The maximum atomic E-state index is 13.9. The Labute approximate surface area is 237 Å². The number of primary amides is 1. The molecule has 5 rings (SSSR count). The monoisotopic (exact) mass is 573 g/mol. The number of benzene rings is 1. The highest BCUT2D eigenvalue weighted by atomic mass is 35.5. The second kappa shape index (κ2) is 9.87. The van der Waals surface area contributed by atoms with Gasteiger partial charge < -0.3 is 26.2 Å². The van der Waals surface area contributed by atoms with Crippen LogP contribution in [0.2, 0.25) is 5.02 Å². The molecule has 3 aliphatic carbocycles. The predicted molar refractivity (Wildman–Crippen MR) is 148 cm³/mol. The van der Waals surface area contributed by atoms with Gasteiger partial charge in [-0.1, -0.05) is 25.4 Å². The van der Waals surface area contributed by atoms with E-state index in [2.05, 4.69) is 18.7 Å². The fraction of sp³-hybridized carbons (Fsp3) is 0.552. The zero-order valence-corrected chi connectivity index (χ0v) is 23.8. The molecular formula is C29H36ClN3O7. The highest BCUT2D eigenvalue weighted by Gasteiger charge is 2.64. The number of likely N-dealkylation sites (N-methyl/N-ethyl adjacent to an activating group) is 1. The Morgan fingerprint density at radius 2 is 1.93 bits per heavy atom. The Bertz CT molecular complexity index is 1380. The number of likely N-dealkylation sites (tertiary alicyclic amines) is 1. The maximum absolute atomic E-state index is 13.9. The third kappa shape index (κ3) is 3.99. The summed E-state index contributed by atoms with van der Waals surface area (Å²) in [6.07, 6.45) is 2.05. The van der Waals surface area contributed by atoms with Crippen molar-refractivity contribution in [3.05, 3.63) is 44.7 Å². The van der Waals surface area contributed by atoms with Gasteiger partial charge in [-0.25, -0.2) is 0 Å². The molecule has 11 heteroatoms. The Hall–Kier alpha value is -2.92. The van der Waals surface area contributed by atoms with E-state index in [-0.39, 0.29) is 35.8 Å². The molecule has 1 aromatic carbocycles. The van der Waals surface area contributed by atoms with E-state index in [0.29, 0.717) is 16.5 Å². The predicted octanol–water partition coefficient (Wildman–Crippen LogP) is 2.41. The van der Waals surface area contributed by atoms with Crippen molar-refractivity contribution in [3.8, 4) is 5.75 Å². The number of ketones is 2. The molecule has 216 valence electrons. The van der Waals surface area contributed by atoms with E-state index in [1.165, 1.54) is 11.0 Å². The molecule has 1 unspecified atom stereocenters. The zero-order valence-electron chi connectivity index (χ0n) is 23.1. The lowest BCUT2D eigenvalue weighted by Crippen LogP contribution is -2.65. The summed E-state index contributed by atoms with van der Waals surface area (Å²) in [5.74, 6) is -6.31. The van der Waals surface area contributed by atoms with Gasteiger partial charge in [0.15, 0.2) is 11.4 Å². The molecule has 1 saturated heterocycles. The molecule has 1 saturated carbocycles. The molecule has 2 fully saturated rings. The minimum Gasteiger partial charge on any atom is -0.508 e. The number of amides is 1. The van der Waals surface area contributed by atoms with Crippen molar-refractivity contribution in [2.75, 3.05) is 27.2 Å². The molecule has 40 heavy (non-hydrogen) atoms. The molecule has 0 aromatic heterocycles. The Kier molecular flexibility index (Phi) is 7.06. The van der Waals surface area contributed by atoms with Crippen molar-refractivity contribution in [1.29, 1.82) is 0 Å². The van der Waals surface area contributed by atoms with Crippen molar-refractivity contribution in [2.24, 2.45) is 23.5 Å². The minimum absolute atomic E-state index is 0.0000844. The first kappa shape index (κ1) is 28.6. The van der Waals surface area contributed by atoms with Crippen molar-refractivity contribution in [3.63, 3.8) is 0 Å². The van der Waals surface area contributed by atoms with Crippen LogP contribution >= 0.6 is 11.6 Å². The van der Waals surface area contributed by atoms with Gasteiger partial charge in [0.25, 0.3) is 5.91 Å². The van der Waals surface area contributed by atoms with Crippen molar-refractivity contribution in [1.82, 2.24) is 9.80 Å². The van der Waals surface area contributed by atoms with Crippen molar-refractivity contribution >= 4 is 34.8 Å². The van der Waals surface area contributed by atoms with Gasteiger partial charge in [-0.2, -0.15) is 0 Å². The van der Waals surface area contributed by atoms with Crippen LogP contribution in [0, 0.1) is 17.8 Å². The minimum atomic E-state index is -2.66. The van der Waals surface area contributed by atoms with Gasteiger partial charge in [0.1, 0.15) is 22.8 Å². The van der Waals surface area contributed by atoms with Crippen LogP contribution in [-0.4, -0.2) is 86.5 Å². The van der Waals surface area contributed by atoms with Crippen LogP contribution in [0.15, 0.2) is 23.0 Å². The van der Waals surface area contributed by atoms with Crippen molar-refractivity contribution < 1.29 is 34.8 Å². The first-order valence-electron chi connectivity index (χ1n) is 13.6. The average Bonchev–Trinajstić information content (AvgIpc) is 3.30. The van der Waals surface area contributed by atoms with Gasteiger partial charge in [0.05, 0.1) is 11.6 Å². The van der Waals surface area contributed by atoms with E-state index in [9.17, 15) is 34.8 Å². The summed E-state index contributed by atoms with van der Waals surface area (Å²) in [7, 11) is 3.14. The Morgan fingerprint density at radius 1 is 1.25 bits per heavy atom. The lowest BCUT2D eigenvalue weighted by molar-refractivity contribution is -0.153. The largest absolute Gasteiger partial charge is 0.508 e.